The van der Waals surface area contributed by atoms with Crippen LogP contribution in [0.4, 0.5) is 0 Å². The third-order valence-electron chi connectivity index (χ3n) is 5.10. The number of amides is 1. The molecule has 142 valence electrons. The van der Waals surface area contributed by atoms with Crippen LogP contribution in [0.3, 0.4) is 0 Å². The van der Waals surface area contributed by atoms with Gasteiger partial charge in [-0.2, -0.15) is 0 Å². The minimum Gasteiger partial charge on any atom is -0.341 e. The van der Waals surface area contributed by atoms with E-state index in [0.717, 1.165) is 40.0 Å². The summed E-state index contributed by atoms with van der Waals surface area (Å²) in [7, 11) is 0. The molecule has 5 nitrogen and oxygen atoms in total. The molecule has 0 unspecified atom stereocenters. The van der Waals surface area contributed by atoms with Crippen LogP contribution in [0.25, 0.3) is 21.8 Å². The lowest BCUT2D eigenvalue weighted by molar-refractivity contribution is 0.0924. The Morgan fingerprint density at radius 3 is 2.71 bits per heavy atom. The Kier molecular flexibility index (Phi) is 4.96. The van der Waals surface area contributed by atoms with Crippen molar-refractivity contribution in [2.75, 3.05) is 0 Å². The molecule has 0 spiro atoms. The summed E-state index contributed by atoms with van der Waals surface area (Å²) in [6, 6.07) is 16.7. The number of nitrogens with one attached hydrogen (secondary N) is 2. The first-order valence-corrected chi connectivity index (χ1v) is 10.2. The number of aromatic nitrogens is 2. The number of imidazole rings is 1. The topological polar surface area (TPSA) is 74.8 Å². The van der Waals surface area contributed by atoms with E-state index in [1.165, 1.54) is 0 Å². The Morgan fingerprint density at radius 1 is 1.18 bits per heavy atom. The molecule has 2 aromatic carbocycles. The van der Waals surface area contributed by atoms with Gasteiger partial charge in [0.15, 0.2) is 0 Å². The first-order chi connectivity index (χ1) is 13.6. The number of H-pyrrole nitrogens is 1. The maximum Gasteiger partial charge on any atom is 0.262 e. The Morgan fingerprint density at radius 2 is 1.93 bits per heavy atom. The number of aromatic amines is 1. The molecule has 0 saturated carbocycles. The van der Waals surface area contributed by atoms with Crippen LogP contribution in [0.1, 0.15) is 41.8 Å². The van der Waals surface area contributed by atoms with E-state index in [0.29, 0.717) is 10.3 Å². The second-order valence-electron chi connectivity index (χ2n) is 6.96. The highest BCUT2D eigenvalue weighted by Crippen LogP contribution is 2.25. The average molecular weight is 391 g/mol. The highest BCUT2D eigenvalue weighted by molar-refractivity contribution is 7.12. The summed E-state index contributed by atoms with van der Waals surface area (Å²) >= 11 is 0.978. The molecule has 0 fully saturated rings. The summed E-state index contributed by atoms with van der Waals surface area (Å²) in [5.74, 6) is 0.664. The number of benzene rings is 2. The molecule has 0 saturated heterocycles. The maximum atomic E-state index is 13.0. The smallest absolute Gasteiger partial charge is 0.262 e. The van der Waals surface area contributed by atoms with Crippen LogP contribution in [0.2, 0.25) is 0 Å². The van der Waals surface area contributed by atoms with Crippen molar-refractivity contribution in [3.8, 4) is 0 Å². The molecule has 4 aromatic rings. The van der Waals surface area contributed by atoms with Crippen molar-refractivity contribution in [1.82, 2.24) is 15.3 Å². The zero-order valence-corrected chi connectivity index (χ0v) is 16.5. The number of rotatable bonds is 5. The van der Waals surface area contributed by atoms with Crippen molar-refractivity contribution in [2.45, 2.75) is 26.3 Å². The van der Waals surface area contributed by atoms with Crippen molar-refractivity contribution in [3.63, 3.8) is 0 Å². The van der Waals surface area contributed by atoms with E-state index in [-0.39, 0.29) is 22.6 Å². The molecule has 0 aliphatic heterocycles. The lowest BCUT2D eigenvalue weighted by Crippen LogP contribution is -2.33. The Balaban J connectivity index is 1.69. The molecule has 0 aliphatic carbocycles. The Hall–Kier alpha value is -2.99. The van der Waals surface area contributed by atoms with E-state index in [4.69, 9.17) is 0 Å². The molecule has 1 amide bonds. The van der Waals surface area contributed by atoms with Gasteiger partial charge in [-0.05, 0) is 35.6 Å². The van der Waals surface area contributed by atoms with Crippen molar-refractivity contribution < 1.29 is 4.79 Å². The summed E-state index contributed by atoms with van der Waals surface area (Å²) in [6.07, 6.45) is 0.885. The number of carbonyl (C=O) groups excluding carboxylic acids is 1. The summed E-state index contributed by atoms with van der Waals surface area (Å²) < 4.78 is -0.105. The number of nitrogens with zero attached hydrogens (tertiary/aromatic N) is 1. The molecule has 2 aromatic heterocycles. The molecule has 4 rings (SSSR count). The lowest BCUT2D eigenvalue weighted by atomic mass is 9.98. The van der Waals surface area contributed by atoms with Crippen LogP contribution in [0, 0.1) is 5.92 Å². The minimum absolute atomic E-state index is 0.105. The van der Waals surface area contributed by atoms with Gasteiger partial charge in [0.05, 0.1) is 22.0 Å². The monoisotopic (exact) mass is 391 g/mol. The number of carbonyl (C=O) groups is 1. The van der Waals surface area contributed by atoms with Crippen molar-refractivity contribution in [2.24, 2.45) is 5.92 Å². The van der Waals surface area contributed by atoms with Crippen molar-refractivity contribution in [3.05, 3.63) is 74.8 Å². The van der Waals surface area contributed by atoms with E-state index in [2.05, 4.69) is 29.1 Å². The summed E-state index contributed by atoms with van der Waals surface area (Å²) in [6.45, 7) is 4.17. The molecule has 6 heteroatoms. The van der Waals surface area contributed by atoms with E-state index in [1.807, 2.05) is 42.5 Å². The normalized spacial score (nSPS) is 13.5. The van der Waals surface area contributed by atoms with Crippen LogP contribution < -0.4 is 10.1 Å². The molecule has 0 aliphatic rings. The van der Waals surface area contributed by atoms with Crippen molar-refractivity contribution >= 4 is 39.0 Å². The summed E-state index contributed by atoms with van der Waals surface area (Å²) in [4.78, 5) is 33.8. The molecule has 28 heavy (non-hydrogen) atoms. The second kappa shape index (κ2) is 7.56. The van der Waals surface area contributed by atoms with Crippen molar-refractivity contribution in [1.29, 1.82) is 0 Å². The van der Waals surface area contributed by atoms with Gasteiger partial charge in [-0.25, -0.2) is 4.98 Å². The van der Waals surface area contributed by atoms with Gasteiger partial charge in [0.2, 0.25) is 4.74 Å². The van der Waals surface area contributed by atoms with Gasteiger partial charge in [0, 0.05) is 5.39 Å². The fraction of sp³-hybridized carbons (Fsp3) is 0.227. The summed E-state index contributed by atoms with van der Waals surface area (Å²) in [5.41, 5.74) is 1.81. The average Bonchev–Trinajstić information content (AvgIpc) is 3.15. The number of fused-ring (bicyclic) bond motifs is 2. The largest absolute Gasteiger partial charge is 0.341 e. The van der Waals surface area contributed by atoms with E-state index < -0.39 is 0 Å². The molecular weight excluding hydrogens is 370 g/mol. The fourth-order valence-electron chi connectivity index (χ4n) is 3.29. The molecule has 0 bridgehead atoms. The SMILES string of the molecule is CC[C@H](C)[C@H](NC(=O)c1cc2ccccc2c(=O)s1)c1nc2ccccc2[nH]1. The van der Waals surface area contributed by atoms with E-state index in [1.54, 1.807) is 12.1 Å². The van der Waals surface area contributed by atoms with Gasteiger partial charge < -0.3 is 10.3 Å². The van der Waals surface area contributed by atoms with E-state index >= 15 is 0 Å². The lowest BCUT2D eigenvalue weighted by Gasteiger charge is -2.22. The maximum absolute atomic E-state index is 13.0. The van der Waals surface area contributed by atoms with Crippen LogP contribution >= 0.6 is 11.3 Å². The van der Waals surface area contributed by atoms with E-state index in [9.17, 15) is 9.59 Å². The van der Waals surface area contributed by atoms with Gasteiger partial charge in [0.25, 0.3) is 5.91 Å². The van der Waals surface area contributed by atoms with Crippen LogP contribution in [-0.2, 0) is 0 Å². The summed E-state index contributed by atoms with van der Waals surface area (Å²) in [5, 5.41) is 4.51. The first-order valence-electron chi connectivity index (χ1n) is 9.35. The Bertz CT molecular complexity index is 1180. The number of hydrogen-bond donors (Lipinski definition) is 2. The van der Waals surface area contributed by atoms with Gasteiger partial charge >= 0.3 is 0 Å². The van der Waals surface area contributed by atoms with Crippen LogP contribution in [0.15, 0.2) is 59.4 Å². The predicted molar refractivity (Wildman–Crippen MR) is 114 cm³/mol. The van der Waals surface area contributed by atoms with Gasteiger partial charge in [0.1, 0.15) is 5.82 Å². The van der Waals surface area contributed by atoms with Crippen LogP contribution in [-0.4, -0.2) is 15.9 Å². The van der Waals surface area contributed by atoms with Gasteiger partial charge in [-0.15, -0.1) is 0 Å². The number of para-hydroxylation sites is 2. The zero-order chi connectivity index (χ0) is 19.7. The standard InChI is InChI=1S/C22H21N3O2S/c1-3-13(2)19(20-23-16-10-6-7-11-17(16)24-20)25-21(26)18-12-14-8-4-5-9-15(14)22(27)28-18/h4-13,19H,3H2,1-2H3,(H,23,24)(H,25,26)/t13-,19-/m0/s1. The second-order valence-corrected chi connectivity index (χ2v) is 7.98. The molecule has 2 heterocycles. The fourth-order valence-corrected chi connectivity index (χ4v) is 4.13. The third-order valence-corrected chi connectivity index (χ3v) is 6.02. The first kappa shape index (κ1) is 18.4. The van der Waals surface area contributed by atoms with Gasteiger partial charge in [-0.1, -0.05) is 61.9 Å². The minimum atomic E-state index is -0.265. The quantitative estimate of drug-likeness (QED) is 0.520. The highest BCUT2D eigenvalue weighted by atomic mass is 32.1. The molecule has 2 atom stereocenters. The predicted octanol–water partition coefficient (Wildman–Crippen LogP) is 4.66. The molecule has 2 N–H and O–H groups in total. The molecule has 0 radical (unpaired) electrons. The molecular formula is C22H21N3O2S. The third kappa shape index (κ3) is 3.43. The Labute approximate surface area is 166 Å². The highest BCUT2D eigenvalue weighted by Gasteiger charge is 2.24. The number of hydrogen-bond acceptors (Lipinski definition) is 4. The van der Waals surface area contributed by atoms with Gasteiger partial charge in [-0.3, -0.25) is 9.59 Å². The van der Waals surface area contributed by atoms with Crippen LogP contribution in [0.5, 0.6) is 0 Å². The zero-order valence-electron chi connectivity index (χ0n) is 15.7.